The van der Waals surface area contributed by atoms with E-state index in [9.17, 15) is 13.2 Å². The fraction of sp³-hybridized carbons (Fsp3) is 0.182. The van der Waals surface area contributed by atoms with Gasteiger partial charge in [0.05, 0.1) is 0 Å². The number of hydrogen-bond acceptors (Lipinski definition) is 6. The fourth-order valence-electron chi connectivity index (χ4n) is 1.41. The number of sulfonamides is 1. The minimum atomic E-state index is -3.83. The number of nitrogens with one attached hydrogen (secondary N) is 1. The van der Waals surface area contributed by atoms with Crippen molar-refractivity contribution in [3.8, 4) is 0 Å². The summed E-state index contributed by atoms with van der Waals surface area (Å²) in [6.07, 6.45) is 1.26. The molecule has 0 saturated carbocycles. The number of nitrogens with zero attached hydrogens (tertiary/aromatic N) is 2. The van der Waals surface area contributed by atoms with Crippen LogP contribution in [0.1, 0.15) is 21.9 Å². The van der Waals surface area contributed by atoms with Crippen molar-refractivity contribution in [3.05, 3.63) is 47.6 Å². The van der Waals surface area contributed by atoms with Crippen molar-refractivity contribution >= 4 is 15.9 Å². The maximum absolute atomic E-state index is 11.7. The summed E-state index contributed by atoms with van der Waals surface area (Å²) in [7, 11) is -3.83. The van der Waals surface area contributed by atoms with Gasteiger partial charge in [0, 0.05) is 11.8 Å². The van der Waals surface area contributed by atoms with E-state index in [0.717, 1.165) is 0 Å². The summed E-state index contributed by atoms with van der Waals surface area (Å²) in [5.41, 5.74) is 0.891. The first kappa shape index (κ1) is 13.2. The molecule has 0 aliphatic heterocycles. The van der Waals surface area contributed by atoms with E-state index in [1.807, 2.05) is 4.72 Å². The SMILES string of the molecule is Cc1cccc(C(=O)NS(=O)(=O)Cc2ccon2)n1. The summed E-state index contributed by atoms with van der Waals surface area (Å²) < 4.78 is 29.9. The first-order valence-corrected chi connectivity index (χ1v) is 6.99. The molecule has 2 rings (SSSR count). The van der Waals surface area contributed by atoms with Crippen LogP contribution in [0.15, 0.2) is 35.1 Å². The van der Waals surface area contributed by atoms with Crippen LogP contribution < -0.4 is 4.72 Å². The van der Waals surface area contributed by atoms with Crippen LogP contribution in [0.3, 0.4) is 0 Å². The number of hydrogen-bond donors (Lipinski definition) is 1. The third kappa shape index (κ3) is 3.62. The zero-order valence-electron chi connectivity index (χ0n) is 10.0. The minimum absolute atomic E-state index is 0.0451. The number of pyridine rings is 1. The van der Waals surface area contributed by atoms with Crippen LogP contribution in [0.2, 0.25) is 0 Å². The zero-order valence-corrected chi connectivity index (χ0v) is 10.8. The number of aromatic nitrogens is 2. The Morgan fingerprint density at radius 2 is 2.16 bits per heavy atom. The average molecular weight is 281 g/mol. The maximum atomic E-state index is 11.7. The van der Waals surface area contributed by atoms with E-state index in [4.69, 9.17) is 0 Å². The number of aryl methyl sites for hydroxylation is 1. The third-order valence-electron chi connectivity index (χ3n) is 2.20. The van der Waals surface area contributed by atoms with Crippen LogP contribution in [-0.2, 0) is 15.8 Å². The maximum Gasteiger partial charge on any atom is 0.283 e. The second-order valence-electron chi connectivity index (χ2n) is 3.85. The van der Waals surface area contributed by atoms with Crippen molar-refractivity contribution in [3.63, 3.8) is 0 Å². The lowest BCUT2D eigenvalue weighted by Gasteiger charge is -2.05. The zero-order chi connectivity index (χ0) is 13.9. The summed E-state index contributed by atoms with van der Waals surface area (Å²) >= 11 is 0. The predicted octanol–water partition coefficient (Wildman–Crippen LogP) is 0.638. The van der Waals surface area contributed by atoms with Crippen LogP contribution >= 0.6 is 0 Å². The Bertz CT molecular complexity index is 680. The van der Waals surface area contributed by atoms with Crippen molar-refractivity contribution in [1.29, 1.82) is 0 Å². The molecule has 19 heavy (non-hydrogen) atoms. The number of amides is 1. The standard InChI is InChI=1S/C11H11N3O4S/c1-8-3-2-4-10(12-8)11(15)14-19(16,17)7-9-5-6-18-13-9/h2-6H,7H2,1H3,(H,14,15). The Kier molecular flexibility index (Phi) is 3.61. The molecular weight excluding hydrogens is 270 g/mol. The first-order chi connectivity index (χ1) is 8.96. The van der Waals surface area contributed by atoms with Crippen molar-refractivity contribution < 1.29 is 17.7 Å². The lowest BCUT2D eigenvalue weighted by atomic mass is 10.3. The van der Waals surface area contributed by atoms with Gasteiger partial charge in [-0.05, 0) is 19.1 Å². The Hall–Kier alpha value is -2.22. The van der Waals surface area contributed by atoms with Gasteiger partial charge in [0.2, 0.25) is 10.0 Å². The van der Waals surface area contributed by atoms with E-state index >= 15 is 0 Å². The Labute approximate surface area is 109 Å². The lowest BCUT2D eigenvalue weighted by Crippen LogP contribution is -2.32. The van der Waals surface area contributed by atoms with Crippen LogP contribution in [0.5, 0.6) is 0 Å². The molecule has 1 N–H and O–H groups in total. The summed E-state index contributed by atoms with van der Waals surface area (Å²) in [6.45, 7) is 1.71. The number of carbonyl (C=O) groups excluding carboxylic acids is 1. The molecule has 100 valence electrons. The van der Waals surface area contributed by atoms with E-state index < -0.39 is 21.7 Å². The molecular formula is C11H11N3O4S. The second kappa shape index (κ2) is 5.19. The molecule has 7 nitrogen and oxygen atoms in total. The Morgan fingerprint density at radius 3 is 2.79 bits per heavy atom. The van der Waals surface area contributed by atoms with E-state index in [1.54, 1.807) is 19.1 Å². The molecule has 0 saturated heterocycles. The van der Waals surface area contributed by atoms with Gasteiger partial charge in [-0.2, -0.15) is 0 Å². The van der Waals surface area contributed by atoms with Gasteiger partial charge in [0.15, 0.2) is 0 Å². The molecule has 0 spiro atoms. The summed E-state index contributed by atoms with van der Waals surface area (Å²) in [5.74, 6) is -1.20. The average Bonchev–Trinajstić information content (AvgIpc) is 2.80. The molecule has 0 atom stereocenters. The topological polar surface area (TPSA) is 102 Å². The highest BCUT2D eigenvalue weighted by Gasteiger charge is 2.19. The molecule has 0 aliphatic carbocycles. The second-order valence-corrected chi connectivity index (χ2v) is 5.57. The molecule has 8 heteroatoms. The number of rotatable bonds is 4. The van der Waals surface area contributed by atoms with Crippen LogP contribution in [0.4, 0.5) is 0 Å². The molecule has 0 aromatic carbocycles. The van der Waals surface area contributed by atoms with Gasteiger partial charge in [-0.1, -0.05) is 11.2 Å². The summed E-state index contributed by atoms with van der Waals surface area (Å²) in [4.78, 5) is 15.7. The molecule has 0 unspecified atom stereocenters. The van der Waals surface area contributed by atoms with Gasteiger partial charge < -0.3 is 4.52 Å². The molecule has 2 heterocycles. The number of carbonyl (C=O) groups is 1. The van der Waals surface area contributed by atoms with Gasteiger partial charge in [-0.25, -0.2) is 18.1 Å². The van der Waals surface area contributed by atoms with E-state index in [-0.39, 0.29) is 11.4 Å². The third-order valence-corrected chi connectivity index (χ3v) is 3.37. The summed E-state index contributed by atoms with van der Waals surface area (Å²) in [6, 6.07) is 6.19. The monoisotopic (exact) mass is 281 g/mol. The molecule has 2 aromatic heterocycles. The lowest BCUT2D eigenvalue weighted by molar-refractivity contribution is 0.0976. The van der Waals surface area contributed by atoms with Crippen molar-refractivity contribution in [2.45, 2.75) is 12.7 Å². The first-order valence-electron chi connectivity index (χ1n) is 5.34. The van der Waals surface area contributed by atoms with Gasteiger partial charge in [-0.3, -0.25) is 4.79 Å². The molecule has 0 aliphatic rings. The Morgan fingerprint density at radius 1 is 1.37 bits per heavy atom. The van der Waals surface area contributed by atoms with Crippen LogP contribution in [-0.4, -0.2) is 24.5 Å². The normalized spacial score (nSPS) is 11.2. The van der Waals surface area contributed by atoms with Gasteiger partial charge in [0.1, 0.15) is 23.4 Å². The highest BCUT2D eigenvalue weighted by Crippen LogP contribution is 2.03. The quantitative estimate of drug-likeness (QED) is 0.882. The molecule has 2 aromatic rings. The summed E-state index contributed by atoms with van der Waals surface area (Å²) in [5, 5.41) is 3.47. The van der Waals surface area contributed by atoms with Gasteiger partial charge in [0.25, 0.3) is 5.91 Å². The van der Waals surface area contributed by atoms with Crippen LogP contribution in [0, 0.1) is 6.92 Å². The molecule has 0 radical (unpaired) electrons. The Balaban J connectivity index is 2.10. The van der Waals surface area contributed by atoms with Gasteiger partial charge >= 0.3 is 0 Å². The predicted molar refractivity (Wildman–Crippen MR) is 65.6 cm³/mol. The molecule has 0 bridgehead atoms. The highest BCUT2D eigenvalue weighted by molar-refractivity contribution is 7.89. The highest BCUT2D eigenvalue weighted by atomic mass is 32.2. The molecule has 0 fully saturated rings. The van der Waals surface area contributed by atoms with Crippen molar-refractivity contribution in [1.82, 2.24) is 14.9 Å². The van der Waals surface area contributed by atoms with E-state index in [1.165, 1.54) is 18.4 Å². The minimum Gasteiger partial charge on any atom is -0.364 e. The van der Waals surface area contributed by atoms with Crippen molar-refractivity contribution in [2.75, 3.05) is 0 Å². The van der Waals surface area contributed by atoms with Gasteiger partial charge in [-0.15, -0.1) is 0 Å². The van der Waals surface area contributed by atoms with Crippen molar-refractivity contribution in [2.24, 2.45) is 0 Å². The molecule has 1 amide bonds. The van der Waals surface area contributed by atoms with Crippen LogP contribution in [0.25, 0.3) is 0 Å². The largest absolute Gasteiger partial charge is 0.364 e. The van der Waals surface area contributed by atoms with E-state index in [0.29, 0.717) is 5.69 Å². The van der Waals surface area contributed by atoms with E-state index in [2.05, 4.69) is 14.7 Å². The fourth-order valence-corrected chi connectivity index (χ4v) is 2.40. The smallest absolute Gasteiger partial charge is 0.283 e.